The summed E-state index contributed by atoms with van der Waals surface area (Å²) in [6, 6.07) is -2.75. The van der Waals surface area contributed by atoms with E-state index in [1.54, 1.807) is 6.92 Å². The Morgan fingerprint density at radius 3 is 2.21 bits per heavy atom. The van der Waals surface area contributed by atoms with Crippen LogP contribution in [-0.4, -0.2) is 60.1 Å². The van der Waals surface area contributed by atoms with E-state index in [1.807, 2.05) is 6.92 Å². The lowest BCUT2D eigenvalue weighted by atomic mass is 9.97. The van der Waals surface area contributed by atoms with Crippen molar-refractivity contribution in [3.05, 3.63) is 0 Å². The third kappa shape index (κ3) is 11.3. The smallest absolute Gasteiger partial charge is 0.326 e. The maximum Gasteiger partial charge on any atom is 0.326 e. The minimum Gasteiger partial charge on any atom is -0.480 e. The molecule has 4 atom stereocenters. The van der Waals surface area contributed by atoms with Gasteiger partial charge in [0, 0.05) is 6.54 Å². The van der Waals surface area contributed by atoms with Crippen LogP contribution in [-0.2, 0) is 14.4 Å². The number of nitrogens with two attached hydrogens (primary N) is 4. The molecule has 0 aromatic carbocycles. The van der Waals surface area contributed by atoms with Crippen LogP contribution in [0.25, 0.3) is 0 Å². The zero-order valence-corrected chi connectivity index (χ0v) is 17.4. The van der Waals surface area contributed by atoms with Crippen LogP contribution in [0.3, 0.4) is 0 Å². The fourth-order valence-corrected chi connectivity index (χ4v) is 2.62. The first-order valence-corrected chi connectivity index (χ1v) is 9.98. The van der Waals surface area contributed by atoms with Crippen molar-refractivity contribution in [2.75, 3.05) is 13.1 Å². The molecular formula is C18H37N7O4. The molecule has 11 heteroatoms. The molecule has 0 saturated heterocycles. The van der Waals surface area contributed by atoms with Gasteiger partial charge in [0.05, 0.1) is 6.04 Å². The molecule has 0 bridgehead atoms. The number of rotatable bonds is 15. The highest BCUT2D eigenvalue weighted by Crippen LogP contribution is 2.10. The molecule has 0 aromatic heterocycles. The van der Waals surface area contributed by atoms with Crippen molar-refractivity contribution in [1.29, 1.82) is 0 Å². The SMILES string of the molecule is CC[C@H](C)[C@H](NC(=O)[C@@H](N)CCCN=C(N)N)C(=O)N[C@@H](CCCCN)C(=O)O. The number of hydrogen-bond acceptors (Lipinski definition) is 6. The number of amides is 2. The molecule has 11 nitrogen and oxygen atoms in total. The Kier molecular flexibility index (Phi) is 13.4. The van der Waals surface area contributed by atoms with Gasteiger partial charge in [-0.3, -0.25) is 14.6 Å². The second-order valence-corrected chi connectivity index (χ2v) is 7.11. The lowest BCUT2D eigenvalue weighted by molar-refractivity contribution is -0.142. The number of carboxylic acids is 1. The fourth-order valence-electron chi connectivity index (χ4n) is 2.62. The maximum absolute atomic E-state index is 12.7. The van der Waals surface area contributed by atoms with E-state index in [4.69, 9.17) is 22.9 Å². The summed E-state index contributed by atoms with van der Waals surface area (Å²) < 4.78 is 0. The number of carbonyl (C=O) groups excluding carboxylic acids is 2. The van der Waals surface area contributed by atoms with Crippen LogP contribution < -0.4 is 33.6 Å². The topological polar surface area (TPSA) is 212 Å². The Hall–Kier alpha value is -2.40. The number of nitrogens with one attached hydrogen (secondary N) is 2. The molecule has 0 rings (SSSR count). The molecule has 0 aliphatic heterocycles. The van der Waals surface area contributed by atoms with Crippen molar-refractivity contribution in [1.82, 2.24) is 10.6 Å². The Labute approximate surface area is 172 Å². The average Bonchev–Trinajstić information content (AvgIpc) is 2.67. The molecule has 0 aliphatic carbocycles. The van der Waals surface area contributed by atoms with Crippen molar-refractivity contribution < 1.29 is 19.5 Å². The first kappa shape index (κ1) is 26.6. The van der Waals surface area contributed by atoms with Gasteiger partial charge in [0.25, 0.3) is 0 Å². The van der Waals surface area contributed by atoms with E-state index in [0.717, 1.165) is 0 Å². The van der Waals surface area contributed by atoms with Gasteiger partial charge >= 0.3 is 5.97 Å². The maximum atomic E-state index is 12.7. The number of carbonyl (C=O) groups is 3. The molecular weight excluding hydrogens is 378 g/mol. The second kappa shape index (κ2) is 14.6. The van der Waals surface area contributed by atoms with Crippen LogP contribution in [0.2, 0.25) is 0 Å². The zero-order valence-electron chi connectivity index (χ0n) is 17.4. The molecule has 0 unspecified atom stereocenters. The molecule has 0 radical (unpaired) electrons. The number of unbranched alkanes of at least 4 members (excludes halogenated alkanes) is 1. The van der Waals surface area contributed by atoms with Crippen LogP contribution in [0.15, 0.2) is 4.99 Å². The van der Waals surface area contributed by atoms with Gasteiger partial charge in [0.2, 0.25) is 11.8 Å². The van der Waals surface area contributed by atoms with E-state index in [9.17, 15) is 19.5 Å². The summed E-state index contributed by atoms with van der Waals surface area (Å²) in [4.78, 5) is 40.3. The molecule has 29 heavy (non-hydrogen) atoms. The summed E-state index contributed by atoms with van der Waals surface area (Å²) in [6.07, 6.45) is 2.98. The standard InChI is InChI=1S/C18H37N7O4/c1-3-11(2)14(16(27)24-13(17(28)29)8-4-5-9-19)25-15(26)12(20)7-6-10-23-18(21)22/h11-14H,3-10,19-20H2,1-2H3,(H,24,27)(H,25,26)(H,28,29)(H4,21,22,23)/t11-,12-,13-,14-/m0/s1. The quantitative estimate of drug-likeness (QED) is 0.0956. The molecule has 2 amide bonds. The van der Waals surface area contributed by atoms with Gasteiger partial charge in [-0.2, -0.15) is 0 Å². The zero-order chi connectivity index (χ0) is 22.4. The average molecular weight is 416 g/mol. The van der Waals surface area contributed by atoms with Crippen LogP contribution in [0.4, 0.5) is 0 Å². The van der Waals surface area contributed by atoms with Crippen molar-refractivity contribution in [2.24, 2.45) is 33.8 Å². The van der Waals surface area contributed by atoms with Crippen molar-refractivity contribution >= 4 is 23.7 Å². The minimum absolute atomic E-state index is 0.0315. The molecule has 0 heterocycles. The minimum atomic E-state index is -1.12. The summed E-state index contributed by atoms with van der Waals surface area (Å²) in [5.41, 5.74) is 21.8. The van der Waals surface area contributed by atoms with Crippen LogP contribution >= 0.6 is 0 Å². The molecule has 0 spiro atoms. The lowest BCUT2D eigenvalue weighted by Crippen LogP contribution is -2.56. The lowest BCUT2D eigenvalue weighted by Gasteiger charge is -2.26. The van der Waals surface area contributed by atoms with Crippen LogP contribution in [0.5, 0.6) is 0 Å². The highest BCUT2D eigenvalue weighted by Gasteiger charge is 2.30. The number of aliphatic carboxylic acids is 1. The Balaban J connectivity index is 4.92. The Bertz CT molecular complexity index is 552. The number of aliphatic imine (C=N–C) groups is 1. The first-order valence-electron chi connectivity index (χ1n) is 9.98. The number of guanidine groups is 1. The molecule has 168 valence electrons. The van der Waals surface area contributed by atoms with E-state index >= 15 is 0 Å². The van der Waals surface area contributed by atoms with E-state index in [1.165, 1.54) is 0 Å². The van der Waals surface area contributed by atoms with Gasteiger partial charge in [0.15, 0.2) is 5.96 Å². The van der Waals surface area contributed by atoms with Crippen molar-refractivity contribution in [2.45, 2.75) is 70.5 Å². The summed E-state index contributed by atoms with van der Waals surface area (Å²) in [7, 11) is 0. The van der Waals surface area contributed by atoms with E-state index in [-0.39, 0.29) is 18.3 Å². The van der Waals surface area contributed by atoms with Gasteiger partial charge in [-0.25, -0.2) is 4.79 Å². The van der Waals surface area contributed by atoms with Crippen molar-refractivity contribution in [3.63, 3.8) is 0 Å². The van der Waals surface area contributed by atoms with Gasteiger partial charge in [-0.1, -0.05) is 20.3 Å². The predicted octanol–water partition coefficient (Wildman–Crippen LogP) is -1.40. The van der Waals surface area contributed by atoms with Crippen molar-refractivity contribution in [3.8, 4) is 0 Å². The number of hydrogen-bond donors (Lipinski definition) is 7. The second-order valence-electron chi connectivity index (χ2n) is 7.11. The van der Waals surface area contributed by atoms with E-state index < -0.39 is 35.9 Å². The van der Waals surface area contributed by atoms with E-state index in [2.05, 4.69) is 15.6 Å². The van der Waals surface area contributed by atoms with Gasteiger partial charge in [-0.15, -0.1) is 0 Å². The third-order valence-corrected chi connectivity index (χ3v) is 4.66. The van der Waals surface area contributed by atoms with Gasteiger partial charge < -0.3 is 38.7 Å². The summed E-state index contributed by atoms with van der Waals surface area (Å²) in [5, 5.41) is 14.5. The molecule has 11 N–H and O–H groups in total. The predicted molar refractivity (Wildman–Crippen MR) is 112 cm³/mol. The van der Waals surface area contributed by atoms with Crippen LogP contribution in [0, 0.1) is 5.92 Å². The van der Waals surface area contributed by atoms with Gasteiger partial charge in [-0.05, 0) is 44.6 Å². The van der Waals surface area contributed by atoms with Gasteiger partial charge in [0.1, 0.15) is 12.1 Å². The largest absolute Gasteiger partial charge is 0.480 e. The number of nitrogens with zero attached hydrogens (tertiary/aromatic N) is 1. The first-order chi connectivity index (χ1) is 13.6. The molecule has 0 fully saturated rings. The van der Waals surface area contributed by atoms with Crippen LogP contribution in [0.1, 0.15) is 52.4 Å². The molecule has 0 aliphatic rings. The normalized spacial score (nSPS) is 14.9. The summed E-state index contributed by atoms with van der Waals surface area (Å²) >= 11 is 0. The highest BCUT2D eigenvalue weighted by atomic mass is 16.4. The molecule has 0 aromatic rings. The third-order valence-electron chi connectivity index (χ3n) is 4.66. The molecule has 0 saturated carbocycles. The number of carboxylic acid groups (broad SMARTS) is 1. The summed E-state index contributed by atoms with van der Waals surface area (Å²) in [6.45, 7) is 4.48. The van der Waals surface area contributed by atoms with E-state index in [0.29, 0.717) is 45.2 Å². The fraction of sp³-hybridized carbons (Fsp3) is 0.778. The Morgan fingerprint density at radius 2 is 1.69 bits per heavy atom. The monoisotopic (exact) mass is 415 g/mol. The summed E-state index contributed by atoms with van der Waals surface area (Å²) in [5.74, 6) is -2.38. The highest BCUT2D eigenvalue weighted by molar-refractivity contribution is 5.91. The Morgan fingerprint density at radius 1 is 1.03 bits per heavy atom.